The standard InChI is InChI=1S/C3H4BNO/c1-2-4-6-5-3-1/h1-4H. The van der Waals surface area contributed by atoms with Crippen LogP contribution in [0.25, 0.3) is 0 Å². The Balaban J connectivity index is 2.46. The molecule has 0 N–H and O–H groups in total. The summed E-state index contributed by atoms with van der Waals surface area (Å²) < 4.78 is 4.55. The summed E-state index contributed by atoms with van der Waals surface area (Å²) in [7, 11) is 0.622. The van der Waals surface area contributed by atoms with Crippen LogP contribution in [0.5, 0.6) is 0 Å². The first-order valence-corrected chi connectivity index (χ1v) is 1.80. The van der Waals surface area contributed by atoms with Crippen molar-refractivity contribution in [2.45, 2.75) is 0 Å². The first-order valence-electron chi connectivity index (χ1n) is 1.80. The van der Waals surface area contributed by atoms with Gasteiger partial charge in [0, 0.05) is 0 Å². The van der Waals surface area contributed by atoms with Crippen molar-refractivity contribution in [1.29, 1.82) is 0 Å². The smallest absolute Gasteiger partial charge is 0.403 e. The molecule has 0 bridgehead atoms. The third-order valence-corrected chi connectivity index (χ3v) is 0.528. The van der Waals surface area contributed by atoms with E-state index in [2.05, 4.69) is 9.91 Å². The van der Waals surface area contributed by atoms with E-state index in [0.29, 0.717) is 7.48 Å². The van der Waals surface area contributed by atoms with E-state index in [1.54, 1.807) is 6.21 Å². The third-order valence-electron chi connectivity index (χ3n) is 0.528. The minimum absolute atomic E-state index is 0.622. The minimum Gasteiger partial charge on any atom is -0.469 e. The van der Waals surface area contributed by atoms with E-state index in [4.69, 9.17) is 0 Å². The number of oxime groups is 1. The lowest BCUT2D eigenvalue weighted by molar-refractivity contribution is 0.370. The van der Waals surface area contributed by atoms with Gasteiger partial charge in [-0.1, -0.05) is 5.98 Å². The number of rotatable bonds is 0. The molecule has 0 aromatic rings. The van der Waals surface area contributed by atoms with E-state index in [1.165, 1.54) is 0 Å². The molecule has 0 saturated carbocycles. The lowest BCUT2D eigenvalue weighted by atomic mass is 10.0. The van der Waals surface area contributed by atoms with Crippen LogP contribution < -0.4 is 0 Å². The molecule has 2 nitrogen and oxygen atoms in total. The van der Waals surface area contributed by atoms with Gasteiger partial charge in [-0.25, -0.2) is 0 Å². The summed E-state index contributed by atoms with van der Waals surface area (Å²) in [5.41, 5.74) is 0. The zero-order valence-corrected chi connectivity index (χ0v) is 3.29. The second-order valence-electron chi connectivity index (χ2n) is 0.978. The van der Waals surface area contributed by atoms with Crippen molar-refractivity contribution in [3.63, 3.8) is 0 Å². The Morgan fingerprint density at radius 3 is 2.83 bits per heavy atom. The zero-order valence-electron chi connectivity index (χ0n) is 3.29. The van der Waals surface area contributed by atoms with Gasteiger partial charge in [-0.2, -0.15) is 0 Å². The van der Waals surface area contributed by atoms with Crippen molar-refractivity contribution in [2.75, 3.05) is 0 Å². The maximum Gasteiger partial charge on any atom is 0.403 e. The van der Waals surface area contributed by atoms with Crippen LogP contribution in [0.4, 0.5) is 0 Å². The van der Waals surface area contributed by atoms with Crippen LogP contribution in [0.3, 0.4) is 0 Å². The van der Waals surface area contributed by atoms with Crippen LogP contribution >= 0.6 is 0 Å². The average Bonchev–Trinajstić information content (AvgIpc) is 1.72. The Labute approximate surface area is 36.8 Å². The van der Waals surface area contributed by atoms with Gasteiger partial charge in [-0.05, 0) is 6.08 Å². The summed E-state index contributed by atoms with van der Waals surface area (Å²) >= 11 is 0. The Kier molecular flexibility index (Phi) is 0.951. The highest BCUT2D eigenvalue weighted by atomic mass is 16.6. The molecule has 0 fully saturated rings. The van der Waals surface area contributed by atoms with Crippen LogP contribution in [0.1, 0.15) is 0 Å². The monoisotopic (exact) mass is 81.0 g/mol. The van der Waals surface area contributed by atoms with Gasteiger partial charge in [-0.3, -0.25) is 0 Å². The van der Waals surface area contributed by atoms with E-state index in [-0.39, 0.29) is 0 Å². The molecule has 6 heavy (non-hydrogen) atoms. The summed E-state index contributed by atoms with van der Waals surface area (Å²) in [6.45, 7) is 0. The molecule has 30 valence electrons. The van der Waals surface area contributed by atoms with Crippen LogP contribution in [0.15, 0.2) is 17.2 Å². The van der Waals surface area contributed by atoms with Gasteiger partial charge in [0.1, 0.15) is 0 Å². The zero-order chi connectivity index (χ0) is 4.24. The summed E-state index contributed by atoms with van der Waals surface area (Å²) in [6.07, 6.45) is 3.47. The predicted octanol–water partition coefficient (Wildman–Crippen LogP) is -0.132. The van der Waals surface area contributed by atoms with Gasteiger partial charge in [0.15, 0.2) is 0 Å². The van der Waals surface area contributed by atoms with E-state index >= 15 is 0 Å². The average molecular weight is 80.9 g/mol. The second-order valence-corrected chi connectivity index (χ2v) is 0.978. The maximum atomic E-state index is 4.55. The van der Waals surface area contributed by atoms with Gasteiger partial charge in [0.25, 0.3) is 0 Å². The van der Waals surface area contributed by atoms with Gasteiger partial charge >= 0.3 is 7.48 Å². The van der Waals surface area contributed by atoms with Crippen molar-refractivity contribution in [3.8, 4) is 0 Å². The number of allylic oxidation sites excluding steroid dienone is 1. The predicted molar refractivity (Wildman–Crippen MR) is 25.9 cm³/mol. The fourth-order valence-corrected chi connectivity index (χ4v) is 0.281. The van der Waals surface area contributed by atoms with E-state index < -0.39 is 0 Å². The van der Waals surface area contributed by atoms with Crippen LogP contribution in [0, 0.1) is 0 Å². The van der Waals surface area contributed by atoms with Crippen molar-refractivity contribution >= 4 is 13.7 Å². The van der Waals surface area contributed by atoms with Gasteiger partial charge in [0.05, 0.1) is 6.21 Å². The molecule has 1 heterocycles. The van der Waals surface area contributed by atoms with Gasteiger partial charge in [-0.15, -0.1) is 5.16 Å². The lowest BCUT2D eigenvalue weighted by Crippen LogP contribution is -1.91. The Bertz CT molecular complexity index is 76.8. The molecule has 0 radical (unpaired) electrons. The minimum atomic E-state index is 0.622. The highest BCUT2D eigenvalue weighted by Gasteiger charge is 1.82. The third kappa shape index (κ3) is 0.609. The topological polar surface area (TPSA) is 21.6 Å². The molecule has 0 spiro atoms. The SMILES string of the molecule is B1C=CC=NO1. The van der Waals surface area contributed by atoms with Gasteiger partial charge in [0.2, 0.25) is 0 Å². The largest absolute Gasteiger partial charge is 0.469 e. The molecule has 0 atom stereocenters. The van der Waals surface area contributed by atoms with Gasteiger partial charge < -0.3 is 4.76 Å². The molecule has 3 heteroatoms. The summed E-state index contributed by atoms with van der Waals surface area (Å²) in [5, 5.41) is 3.47. The maximum absolute atomic E-state index is 4.55. The molecule has 1 rings (SSSR count). The Morgan fingerprint density at radius 2 is 2.67 bits per heavy atom. The number of hydrogen-bond donors (Lipinski definition) is 0. The molecule has 0 aromatic carbocycles. The molecule has 0 aromatic heterocycles. The van der Waals surface area contributed by atoms with Crippen molar-refractivity contribution in [2.24, 2.45) is 5.16 Å². The second kappa shape index (κ2) is 1.65. The molecule has 0 saturated heterocycles. The number of hydrogen-bond acceptors (Lipinski definition) is 2. The van der Waals surface area contributed by atoms with Crippen molar-refractivity contribution < 1.29 is 4.76 Å². The Hall–Kier alpha value is -0.725. The fourth-order valence-electron chi connectivity index (χ4n) is 0.281. The van der Waals surface area contributed by atoms with Crippen molar-refractivity contribution in [3.05, 3.63) is 12.1 Å². The lowest BCUT2D eigenvalue weighted by Gasteiger charge is -1.91. The van der Waals surface area contributed by atoms with Crippen LogP contribution in [0.2, 0.25) is 0 Å². The molecule has 0 aliphatic carbocycles. The highest BCUT2D eigenvalue weighted by Crippen LogP contribution is 1.78. The van der Waals surface area contributed by atoms with E-state index in [0.717, 1.165) is 0 Å². The molecule has 1 aliphatic heterocycles. The fraction of sp³-hybridized carbons (Fsp3) is 0. The van der Waals surface area contributed by atoms with Crippen LogP contribution in [-0.4, -0.2) is 13.7 Å². The summed E-state index contributed by atoms with van der Waals surface area (Å²) in [5.74, 6) is 1.90. The van der Waals surface area contributed by atoms with E-state index in [9.17, 15) is 0 Å². The highest BCUT2D eigenvalue weighted by molar-refractivity contribution is 6.35. The molecule has 0 unspecified atom stereocenters. The first kappa shape index (κ1) is 3.46. The normalized spacial score (nSPS) is 16.0. The van der Waals surface area contributed by atoms with Crippen molar-refractivity contribution in [1.82, 2.24) is 0 Å². The quantitative estimate of drug-likeness (QED) is 0.372. The summed E-state index contributed by atoms with van der Waals surface area (Å²) in [6, 6.07) is 0. The molecule has 1 aliphatic rings. The molecular weight excluding hydrogens is 76.9 g/mol. The molecule has 0 amide bonds. The molecular formula is C3H4BNO. The van der Waals surface area contributed by atoms with Crippen LogP contribution in [-0.2, 0) is 4.76 Å². The number of nitrogens with zero attached hydrogens (tertiary/aromatic N) is 1. The van der Waals surface area contributed by atoms with E-state index in [1.807, 2.05) is 12.1 Å². The summed E-state index contributed by atoms with van der Waals surface area (Å²) in [4.78, 5) is 0. The Morgan fingerprint density at radius 1 is 1.67 bits per heavy atom. The first-order chi connectivity index (χ1) is 3.00.